The number of sulfonamides is 1. The van der Waals surface area contributed by atoms with E-state index in [1.807, 2.05) is 30.3 Å². The molecule has 0 spiro atoms. The van der Waals surface area contributed by atoms with Gasteiger partial charge in [-0.25, -0.2) is 8.42 Å². The number of rotatable bonds is 10. The quantitative estimate of drug-likeness (QED) is 0.621. The predicted octanol–water partition coefficient (Wildman–Crippen LogP) is 2.83. The van der Waals surface area contributed by atoms with Crippen molar-refractivity contribution < 1.29 is 18.3 Å². The monoisotopic (exact) mass is 418 g/mol. The summed E-state index contributed by atoms with van der Waals surface area (Å²) in [4.78, 5) is 12.6. The van der Waals surface area contributed by atoms with Crippen LogP contribution in [0.4, 0.5) is 0 Å². The summed E-state index contributed by atoms with van der Waals surface area (Å²) >= 11 is 0. The molecule has 0 saturated heterocycles. The Morgan fingerprint density at radius 3 is 2.17 bits per heavy atom. The van der Waals surface area contributed by atoms with Gasteiger partial charge in [-0.05, 0) is 49.6 Å². The van der Waals surface area contributed by atoms with Crippen molar-refractivity contribution in [2.24, 2.45) is 0 Å². The highest BCUT2D eigenvalue weighted by Gasteiger charge is 2.23. The van der Waals surface area contributed by atoms with Gasteiger partial charge in [0.15, 0.2) is 0 Å². The van der Waals surface area contributed by atoms with E-state index in [-0.39, 0.29) is 17.3 Å². The van der Waals surface area contributed by atoms with Gasteiger partial charge >= 0.3 is 0 Å². The molecule has 1 amide bonds. The molecule has 1 atom stereocenters. The molecule has 2 aromatic carbocycles. The molecule has 7 heteroatoms. The normalized spacial score (nSPS) is 13.8. The Labute approximate surface area is 173 Å². The maximum Gasteiger partial charge on any atom is 0.251 e. The van der Waals surface area contributed by atoms with Crippen LogP contribution in [0.15, 0.2) is 59.5 Å². The lowest BCUT2D eigenvalue weighted by molar-refractivity contribution is 0.0478. The molecule has 2 aromatic rings. The molecule has 0 fully saturated rings. The van der Waals surface area contributed by atoms with E-state index in [1.54, 1.807) is 20.8 Å². The Morgan fingerprint density at radius 1 is 1.03 bits per heavy atom. The number of amides is 1. The first kappa shape index (κ1) is 23.1. The van der Waals surface area contributed by atoms with E-state index in [0.717, 1.165) is 5.56 Å². The number of nitrogens with one attached hydrogen (secondary N) is 1. The van der Waals surface area contributed by atoms with Gasteiger partial charge in [0.2, 0.25) is 10.0 Å². The second-order valence-corrected chi connectivity index (χ2v) is 9.22. The molecule has 1 unspecified atom stereocenters. The van der Waals surface area contributed by atoms with Gasteiger partial charge in [-0.2, -0.15) is 4.31 Å². The zero-order valence-corrected chi connectivity index (χ0v) is 18.1. The van der Waals surface area contributed by atoms with Crippen LogP contribution in [0.1, 0.15) is 43.1 Å². The minimum Gasteiger partial charge on any atom is -0.388 e. The number of aliphatic hydroxyl groups is 1. The van der Waals surface area contributed by atoms with Crippen molar-refractivity contribution in [3.8, 4) is 0 Å². The van der Waals surface area contributed by atoms with Gasteiger partial charge in [-0.15, -0.1) is 0 Å². The van der Waals surface area contributed by atoms with Crippen LogP contribution >= 0.6 is 0 Å². The first-order valence-electron chi connectivity index (χ1n) is 9.84. The van der Waals surface area contributed by atoms with Crippen molar-refractivity contribution in [1.29, 1.82) is 0 Å². The molecule has 158 valence electrons. The second-order valence-electron chi connectivity index (χ2n) is 7.28. The average Bonchev–Trinajstić information content (AvgIpc) is 2.72. The number of hydrogen-bond acceptors (Lipinski definition) is 4. The molecule has 29 heavy (non-hydrogen) atoms. The van der Waals surface area contributed by atoms with Crippen LogP contribution in [0.25, 0.3) is 0 Å². The molecule has 0 aromatic heterocycles. The highest BCUT2D eigenvalue weighted by molar-refractivity contribution is 7.89. The summed E-state index contributed by atoms with van der Waals surface area (Å²) in [5.74, 6) is -0.350. The van der Waals surface area contributed by atoms with E-state index in [9.17, 15) is 18.3 Å². The largest absolute Gasteiger partial charge is 0.388 e. The Morgan fingerprint density at radius 2 is 1.62 bits per heavy atom. The van der Waals surface area contributed by atoms with E-state index in [1.165, 1.54) is 28.6 Å². The third kappa shape index (κ3) is 6.39. The Balaban J connectivity index is 1.95. The van der Waals surface area contributed by atoms with Gasteiger partial charge in [0, 0.05) is 25.2 Å². The fraction of sp³-hybridized carbons (Fsp3) is 0.409. The van der Waals surface area contributed by atoms with E-state index in [2.05, 4.69) is 5.32 Å². The number of benzene rings is 2. The molecular formula is C22H30N2O4S. The lowest BCUT2D eigenvalue weighted by Gasteiger charge is -2.24. The lowest BCUT2D eigenvalue weighted by Crippen LogP contribution is -2.41. The summed E-state index contributed by atoms with van der Waals surface area (Å²) in [7, 11) is -3.55. The van der Waals surface area contributed by atoms with E-state index in [4.69, 9.17) is 0 Å². The molecule has 2 rings (SSSR count). The third-order valence-electron chi connectivity index (χ3n) is 4.88. The SMILES string of the molecule is CCN(CC)S(=O)(=O)c1ccc(C(=O)NCC(C)(O)CCc2ccccc2)cc1. The maximum absolute atomic E-state index is 12.5. The summed E-state index contributed by atoms with van der Waals surface area (Å²) in [6.07, 6.45) is 1.22. The number of nitrogens with zero attached hydrogens (tertiary/aromatic N) is 1. The zero-order chi connectivity index (χ0) is 21.5. The third-order valence-corrected chi connectivity index (χ3v) is 6.95. The maximum atomic E-state index is 12.5. The molecule has 2 N–H and O–H groups in total. The smallest absolute Gasteiger partial charge is 0.251 e. The molecule has 0 bridgehead atoms. The van der Waals surface area contributed by atoms with Crippen molar-refractivity contribution in [2.75, 3.05) is 19.6 Å². The van der Waals surface area contributed by atoms with Gasteiger partial charge in [-0.1, -0.05) is 44.2 Å². The van der Waals surface area contributed by atoms with Gasteiger partial charge in [-0.3, -0.25) is 4.79 Å². The first-order chi connectivity index (χ1) is 13.7. The summed E-state index contributed by atoms with van der Waals surface area (Å²) < 4.78 is 26.4. The van der Waals surface area contributed by atoms with Crippen molar-refractivity contribution >= 4 is 15.9 Å². The highest BCUT2D eigenvalue weighted by Crippen LogP contribution is 2.17. The van der Waals surface area contributed by atoms with Crippen LogP contribution < -0.4 is 5.32 Å². The van der Waals surface area contributed by atoms with Crippen LogP contribution in [-0.2, 0) is 16.4 Å². The topological polar surface area (TPSA) is 86.7 Å². The second kappa shape index (κ2) is 10.0. The zero-order valence-electron chi connectivity index (χ0n) is 17.3. The highest BCUT2D eigenvalue weighted by atomic mass is 32.2. The standard InChI is InChI=1S/C22H30N2O4S/c1-4-24(5-2)29(27,28)20-13-11-19(12-14-20)21(25)23-17-22(3,26)16-15-18-9-7-6-8-10-18/h6-14,26H,4-5,15-17H2,1-3H3,(H,23,25). The summed E-state index contributed by atoms with van der Waals surface area (Å²) in [5.41, 5.74) is 0.434. The van der Waals surface area contributed by atoms with Crippen molar-refractivity contribution in [2.45, 2.75) is 44.1 Å². The Kier molecular flexibility index (Phi) is 7.96. The summed E-state index contributed by atoms with van der Waals surface area (Å²) in [5, 5.41) is 13.3. The Hall–Kier alpha value is -2.22. The van der Waals surface area contributed by atoms with Crippen LogP contribution in [0, 0.1) is 0 Å². The molecule has 0 heterocycles. The Bertz CT molecular complexity index is 890. The van der Waals surface area contributed by atoms with Crippen molar-refractivity contribution in [3.63, 3.8) is 0 Å². The summed E-state index contributed by atoms with van der Waals surface area (Å²) in [6.45, 7) is 6.14. The van der Waals surface area contributed by atoms with Crippen molar-refractivity contribution in [1.82, 2.24) is 9.62 Å². The molecule has 0 radical (unpaired) electrons. The van der Waals surface area contributed by atoms with Gasteiger partial charge in [0.1, 0.15) is 0 Å². The molecule has 0 saturated carbocycles. The van der Waals surface area contributed by atoms with E-state index < -0.39 is 15.6 Å². The molecule has 0 aliphatic carbocycles. The number of aryl methyl sites for hydroxylation is 1. The molecular weight excluding hydrogens is 388 g/mol. The van der Waals surface area contributed by atoms with E-state index in [0.29, 0.717) is 31.5 Å². The van der Waals surface area contributed by atoms with Crippen LogP contribution in [0.5, 0.6) is 0 Å². The molecule has 0 aliphatic heterocycles. The number of carbonyl (C=O) groups excluding carboxylic acids is 1. The average molecular weight is 419 g/mol. The van der Waals surface area contributed by atoms with Crippen LogP contribution in [0.2, 0.25) is 0 Å². The van der Waals surface area contributed by atoms with E-state index >= 15 is 0 Å². The van der Waals surface area contributed by atoms with Gasteiger partial charge in [0.05, 0.1) is 10.5 Å². The van der Waals surface area contributed by atoms with Crippen molar-refractivity contribution in [3.05, 3.63) is 65.7 Å². The lowest BCUT2D eigenvalue weighted by atomic mass is 9.96. The molecule has 6 nitrogen and oxygen atoms in total. The number of hydrogen-bond donors (Lipinski definition) is 2. The number of carbonyl (C=O) groups is 1. The fourth-order valence-electron chi connectivity index (χ4n) is 3.01. The van der Waals surface area contributed by atoms with Crippen LogP contribution in [-0.4, -0.2) is 49.0 Å². The first-order valence-corrected chi connectivity index (χ1v) is 11.3. The van der Waals surface area contributed by atoms with Gasteiger partial charge in [0.25, 0.3) is 5.91 Å². The van der Waals surface area contributed by atoms with Crippen LogP contribution in [0.3, 0.4) is 0 Å². The van der Waals surface area contributed by atoms with Gasteiger partial charge < -0.3 is 10.4 Å². The minimum atomic E-state index is -3.55. The predicted molar refractivity (Wildman–Crippen MR) is 114 cm³/mol. The molecule has 0 aliphatic rings. The summed E-state index contributed by atoms with van der Waals surface area (Å²) in [6, 6.07) is 15.7. The fourth-order valence-corrected chi connectivity index (χ4v) is 4.47. The minimum absolute atomic E-state index is 0.109.